The second kappa shape index (κ2) is 10.6. The smallest absolute Gasteiger partial charge is 0.490 e. The van der Waals surface area contributed by atoms with Crippen LogP contribution in [0.1, 0.15) is 23.2 Å². The number of aliphatic carboxylic acids is 1. The topological polar surface area (TPSA) is 132 Å². The Kier molecular flexibility index (Phi) is 7.52. The van der Waals surface area contributed by atoms with E-state index in [2.05, 4.69) is 15.2 Å². The number of pyridine rings is 1. The first-order valence-electron chi connectivity index (χ1n) is 11.2. The number of carbonyl (C=O) groups excluding carboxylic acids is 1. The van der Waals surface area contributed by atoms with Crippen LogP contribution in [-0.2, 0) is 4.79 Å². The van der Waals surface area contributed by atoms with Crippen molar-refractivity contribution in [1.29, 1.82) is 0 Å². The van der Waals surface area contributed by atoms with Crippen LogP contribution in [0.2, 0.25) is 5.02 Å². The normalized spacial score (nSPS) is 15.7. The van der Waals surface area contributed by atoms with Crippen molar-refractivity contribution in [3.63, 3.8) is 0 Å². The molecule has 5 rings (SSSR count). The van der Waals surface area contributed by atoms with Gasteiger partial charge < -0.3 is 25.3 Å². The number of anilines is 2. The molecule has 0 atom stereocenters. The molecule has 2 aliphatic rings. The van der Waals surface area contributed by atoms with Gasteiger partial charge in [0.2, 0.25) is 0 Å². The number of aromatic nitrogens is 3. The first kappa shape index (κ1) is 26.2. The van der Waals surface area contributed by atoms with Gasteiger partial charge in [0.15, 0.2) is 11.6 Å². The summed E-state index contributed by atoms with van der Waals surface area (Å²) in [5.41, 5.74) is 1.82. The monoisotopic (exact) mass is 538 g/mol. The third-order valence-corrected chi connectivity index (χ3v) is 5.90. The van der Waals surface area contributed by atoms with Crippen molar-refractivity contribution in [2.24, 2.45) is 0 Å². The Hall–Kier alpha value is -3.87. The Morgan fingerprint density at radius 1 is 1.05 bits per heavy atom. The standard InChI is InChI=1S/C21H21ClN6O2.C2HF3O2/c22-13-1-4-15(18(29)11-13)21(30)28-9-7-27(8-10-28)20-19(24-14-2-3-14)25-16-5-6-23-12-17(16)26-20;3-2(4,5)1(6)7/h1,4-6,11-12,14,29H,2-3,7-10H2,(H,24,25);(H,6,7). The first-order chi connectivity index (χ1) is 17.5. The molecular formula is C23H22ClF3N6O4. The molecule has 14 heteroatoms. The van der Waals surface area contributed by atoms with Crippen molar-refractivity contribution < 1.29 is 33.0 Å². The van der Waals surface area contributed by atoms with Crippen molar-refractivity contribution in [3.05, 3.63) is 47.2 Å². The molecule has 0 radical (unpaired) electrons. The largest absolute Gasteiger partial charge is 0.507 e. The average molecular weight is 539 g/mol. The quantitative estimate of drug-likeness (QED) is 0.456. The molecule has 1 aliphatic heterocycles. The highest BCUT2D eigenvalue weighted by Gasteiger charge is 2.38. The van der Waals surface area contributed by atoms with E-state index in [0.717, 1.165) is 35.5 Å². The fourth-order valence-corrected chi connectivity index (χ4v) is 3.78. The minimum Gasteiger partial charge on any atom is -0.507 e. The van der Waals surface area contributed by atoms with Crippen LogP contribution in [0, 0.1) is 0 Å². The van der Waals surface area contributed by atoms with E-state index in [9.17, 15) is 23.1 Å². The molecule has 10 nitrogen and oxygen atoms in total. The molecule has 0 bridgehead atoms. The predicted molar refractivity (Wildman–Crippen MR) is 129 cm³/mol. The van der Waals surface area contributed by atoms with Gasteiger partial charge in [-0.25, -0.2) is 14.8 Å². The summed E-state index contributed by atoms with van der Waals surface area (Å²) in [7, 11) is 0. The number of carbonyl (C=O) groups is 2. The summed E-state index contributed by atoms with van der Waals surface area (Å²) < 4.78 is 31.7. The van der Waals surface area contributed by atoms with E-state index >= 15 is 0 Å². The van der Waals surface area contributed by atoms with Gasteiger partial charge in [0.1, 0.15) is 11.3 Å². The number of halogens is 4. The van der Waals surface area contributed by atoms with Crippen LogP contribution in [0.25, 0.3) is 11.0 Å². The maximum Gasteiger partial charge on any atom is 0.490 e. The molecule has 1 saturated carbocycles. The summed E-state index contributed by atoms with van der Waals surface area (Å²) in [6.45, 7) is 2.30. The van der Waals surface area contributed by atoms with E-state index in [-0.39, 0.29) is 17.2 Å². The summed E-state index contributed by atoms with van der Waals surface area (Å²) in [4.78, 5) is 39.4. The van der Waals surface area contributed by atoms with Crippen molar-refractivity contribution in [2.75, 3.05) is 36.4 Å². The minimum atomic E-state index is -5.08. The number of aromatic hydroxyl groups is 1. The molecule has 1 aromatic carbocycles. The predicted octanol–water partition coefficient (Wildman–Crippen LogP) is 3.55. The fourth-order valence-electron chi connectivity index (χ4n) is 3.61. The molecule has 2 fully saturated rings. The zero-order valence-corrected chi connectivity index (χ0v) is 20.0. The number of carboxylic acid groups (broad SMARTS) is 1. The maximum absolute atomic E-state index is 12.8. The van der Waals surface area contributed by atoms with Gasteiger partial charge in [0.05, 0.1) is 17.3 Å². The highest BCUT2D eigenvalue weighted by Crippen LogP contribution is 2.31. The number of phenolic OH excluding ortho intramolecular Hbond substituents is 1. The molecule has 1 saturated heterocycles. The van der Waals surface area contributed by atoms with Crippen LogP contribution in [0.4, 0.5) is 24.8 Å². The second-order valence-corrected chi connectivity index (χ2v) is 8.86. The van der Waals surface area contributed by atoms with E-state index in [1.165, 1.54) is 6.07 Å². The number of amides is 1. The van der Waals surface area contributed by atoms with Crippen LogP contribution in [-0.4, -0.2) is 80.3 Å². The van der Waals surface area contributed by atoms with Crippen molar-refractivity contribution in [3.8, 4) is 5.75 Å². The lowest BCUT2D eigenvalue weighted by Gasteiger charge is -2.36. The van der Waals surface area contributed by atoms with E-state index < -0.39 is 12.1 Å². The van der Waals surface area contributed by atoms with Gasteiger partial charge in [0.25, 0.3) is 5.91 Å². The van der Waals surface area contributed by atoms with Gasteiger partial charge in [-0.05, 0) is 37.1 Å². The lowest BCUT2D eigenvalue weighted by Crippen LogP contribution is -2.49. The molecule has 1 amide bonds. The number of hydrogen-bond donors (Lipinski definition) is 3. The maximum atomic E-state index is 12.8. The Balaban J connectivity index is 0.000000405. The summed E-state index contributed by atoms with van der Waals surface area (Å²) in [6, 6.07) is 6.87. The van der Waals surface area contributed by atoms with Crippen molar-refractivity contribution in [1.82, 2.24) is 19.9 Å². The number of rotatable bonds is 4. The number of benzene rings is 1. The highest BCUT2D eigenvalue weighted by atomic mass is 35.5. The zero-order chi connectivity index (χ0) is 26.7. The van der Waals surface area contributed by atoms with Gasteiger partial charge in [-0.2, -0.15) is 13.2 Å². The number of piperazine rings is 1. The third-order valence-electron chi connectivity index (χ3n) is 5.67. The van der Waals surface area contributed by atoms with E-state index in [4.69, 9.17) is 31.5 Å². The second-order valence-electron chi connectivity index (χ2n) is 8.42. The molecule has 3 heterocycles. The molecule has 196 valence electrons. The number of nitrogens with zero attached hydrogens (tertiary/aromatic N) is 5. The van der Waals surface area contributed by atoms with Gasteiger partial charge in [-0.15, -0.1) is 0 Å². The minimum absolute atomic E-state index is 0.0984. The van der Waals surface area contributed by atoms with E-state index in [1.807, 2.05) is 6.07 Å². The van der Waals surface area contributed by atoms with Crippen molar-refractivity contribution in [2.45, 2.75) is 25.1 Å². The lowest BCUT2D eigenvalue weighted by molar-refractivity contribution is -0.192. The average Bonchev–Trinajstić information content (AvgIpc) is 3.67. The summed E-state index contributed by atoms with van der Waals surface area (Å²) in [6.07, 6.45) is 0.634. The number of phenols is 1. The van der Waals surface area contributed by atoms with Gasteiger partial charge in [0, 0.05) is 43.4 Å². The molecule has 0 unspecified atom stereocenters. The van der Waals surface area contributed by atoms with Crippen LogP contribution in [0.15, 0.2) is 36.7 Å². The lowest BCUT2D eigenvalue weighted by atomic mass is 10.1. The summed E-state index contributed by atoms with van der Waals surface area (Å²) >= 11 is 5.88. The van der Waals surface area contributed by atoms with Gasteiger partial charge in [-0.1, -0.05) is 11.6 Å². The number of hydrogen-bond acceptors (Lipinski definition) is 8. The first-order valence-corrected chi connectivity index (χ1v) is 11.6. The van der Waals surface area contributed by atoms with E-state index in [0.29, 0.717) is 37.2 Å². The SMILES string of the molecule is O=C(O)C(F)(F)F.O=C(c1ccc(Cl)cc1O)N1CCN(c2nc3cnccc3nc2NC2CC2)CC1. The zero-order valence-electron chi connectivity index (χ0n) is 19.2. The Morgan fingerprint density at radius 3 is 2.32 bits per heavy atom. The highest BCUT2D eigenvalue weighted by molar-refractivity contribution is 6.30. The molecule has 3 N–H and O–H groups in total. The van der Waals surface area contributed by atoms with E-state index in [1.54, 1.807) is 29.4 Å². The van der Waals surface area contributed by atoms with Gasteiger partial charge in [-0.3, -0.25) is 9.78 Å². The Bertz CT molecular complexity index is 1310. The van der Waals surface area contributed by atoms with Crippen LogP contribution < -0.4 is 10.2 Å². The number of alkyl halides is 3. The molecule has 3 aromatic rings. The molecule has 2 aromatic heterocycles. The Morgan fingerprint density at radius 2 is 1.73 bits per heavy atom. The number of fused-ring (bicyclic) bond motifs is 1. The fraction of sp³-hybridized carbons (Fsp3) is 0.348. The van der Waals surface area contributed by atoms with Crippen LogP contribution >= 0.6 is 11.6 Å². The molecule has 37 heavy (non-hydrogen) atoms. The Labute approximate surface area is 213 Å². The molecule has 0 spiro atoms. The summed E-state index contributed by atoms with van der Waals surface area (Å²) in [5, 5.41) is 21.1. The molecular weight excluding hydrogens is 517 g/mol. The van der Waals surface area contributed by atoms with Gasteiger partial charge >= 0.3 is 12.1 Å². The summed E-state index contributed by atoms with van der Waals surface area (Å²) in [5.74, 6) is -1.48. The molecule has 1 aliphatic carbocycles. The number of nitrogens with one attached hydrogen (secondary N) is 1. The number of carboxylic acids is 1. The third kappa shape index (κ3) is 6.47. The van der Waals surface area contributed by atoms with Crippen LogP contribution in [0.3, 0.4) is 0 Å². The van der Waals surface area contributed by atoms with Crippen LogP contribution in [0.5, 0.6) is 5.75 Å². The van der Waals surface area contributed by atoms with Crippen molar-refractivity contribution >= 4 is 46.1 Å².